The molecule has 0 radical (unpaired) electrons. The summed E-state index contributed by atoms with van der Waals surface area (Å²) in [4.78, 5) is 2.57. The van der Waals surface area contributed by atoms with E-state index < -0.39 is 0 Å². The van der Waals surface area contributed by atoms with Gasteiger partial charge in [-0.3, -0.25) is 4.90 Å². The van der Waals surface area contributed by atoms with Gasteiger partial charge in [0.25, 0.3) is 0 Å². The van der Waals surface area contributed by atoms with Gasteiger partial charge in [-0.25, -0.2) is 0 Å². The molecule has 2 N–H and O–H groups in total. The highest BCUT2D eigenvalue weighted by atomic mass is 16.3. The molecule has 2 aliphatic rings. The van der Waals surface area contributed by atoms with Crippen molar-refractivity contribution in [1.82, 2.24) is 10.2 Å². The topological polar surface area (TPSA) is 35.5 Å². The summed E-state index contributed by atoms with van der Waals surface area (Å²) in [5, 5.41) is 12.5. The number of nitrogens with zero attached hydrogens (tertiary/aromatic N) is 1. The molecule has 0 aromatic carbocycles. The average Bonchev–Trinajstić information content (AvgIpc) is 2.78. The zero-order chi connectivity index (χ0) is 9.97. The summed E-state index contributed by atoms with van der Waals surface area (Å²) < 4.78 is 0. The molecule has 82 valence electrons. The van der Waals surface area contributed by atoms with Crippen LogP contribution in [0.5, 0.6) is 0 Å². The number of aliphatic hydroxyl groups excluding tert-OH is 1. The summed E-state index contributed by atoms with van der Waals surface area (Å²) in [7, 11) is 0. The van der Waals surface area contributed by atoms with E-state index >= 15 is 0 Å². The van der Waals surface area contributed by atoms with Crippen LogP contribution in [0, 0.1) is 5.92 Å². The molecule has 14 heavy (non-hydrogen) atoms. The predicted octanol–water partition coefficient (Wildman–Crippen LogP) is 0.441. The molecule has 0 amide bonds. The van der Waals surface area contributed by atoms with Crippen molar-refractivity contribution in [2.24, 2.45) is 5.92 Å². The Kier molecular flexibility index (Phi) is 3.42. The van der Waals surface area contributed by atoms with Gasteiger partial charge in [-0.05, 0) is 31.7 Å². The Balaban J connectivity index is 1.79. The van der Waals surface area contributed by atoms with Gasteiger partial charge in [0.1, 0.15) is 0 Å². The standard InChI is InChI=1S/C11H22N2O/c1-2-12-10(8-14)7-13-6-9-3-4-11(13)5-9/h9-12,14H,2-8H2,1H3. The van der Waals surface area contributed by atoms with Crippen LogP contribution >= 0.6 is 0 Å². The van der Waals surface area contributed by atoms with Crippen molar-refractivity contribution in [3.05, 3.63) is 0 Å². The van der Waals surface area contributed by atoms with Crippen LogP contribution in [-0.2, 0) is 0 Å². The largest absolute Gasteiger partial charge is 0.395 e. The molecule has 1 saturated carbocycles. The van der Waals surface area contributed by atoms with Gasteiger partial charge in [-0.15, -0.1) is 0 Å². The Labute approximate surface area is 86.5 Å². The second kappa shape index (κ2) is 4.60. The molecule has 2 bridgehead atoms. The minimum atomic E-state index is 0.266. The lowest BCUT2D eigenvalue weighted by Gasteiger charge is -2.30. The van der Waals surface area contributed by atoms with Gasteiger partial charge in [-0.1, -0.05) is 6.92 Å². The van der Waals surface area contributed by atoms with Gasteiger partial charge in [0.15, 0.2) is 0 Å². The number of hydrogen-bond donors (Lipinski definition) is 2. The molecule has 1 aliphatic carbocycles. The highest BCUT2D eigenvalue weighted by Crippen LogP contribution is 2.37. The second-order valence-corrected chi connectivity index (χ2v) is 4.72. The number of rotatable bonds is 5. The Bertz CT molecular complexity index is 186. The van der Waals surface area contributed by atoms with E-state index in [1.165, 1.54) is 25.8 Å². The van der Waals surface area contributed by atoms with Crippen LogP contribution in [-0.4, -0.2) is 48.3 Å². The van der Waals surface area contributed by atoms with Gasteiger partial charge >= 0.3 is 0 Å². The molecular weight excluding hydrogens is 176 g/mol. The Morgan fingerprint density at radius 3 is 2.86 bits per heavy atom. The molecule has 3 nitrogen and oxygen atoms in total. The van der Waals surface area contributed by atoms with Crippen LogP contribution in [0.15, 0.2) is 0 Å². The van der Waals surface area contributed by atoms with E-state index in [0.29, 0.717) is 0 Å². The van der Waals surface area contributed by atoms with Crippen LogP contribution in [0.25, 0.3) is 0 Å². The van der Waals surface area contributed by atoms with E-state index in [2.05, 4.69) is 17.1 Å². The fourth-order valence-electron chi connectivity index (χ4n) is 3.01. The van der Waals surface area contributed by atoms with Gasteiger partial charge in [0.05, 0.1) is 6.61 Å². The van der Waals surface area contributed by atoms with E-state index in [4.69, 9.17) is 0 Å². The first-order valence-corrected chi connectivity index (χ1v) is 5.91. The zero-order valence-corrected chi connectivity index (χ0v) is 9.08. The van der Waals surface area contributed by atoms with Gasteiger partial charge in [0.2, 0.25) is 0 Å². The van der Waals surface area contributed by atoms with Crippen LogP contribution in [0.2, 0.25) is 0 Å². The minimum Gasteiger partial charge on any atom is -0.395 e. The van der Waals surface area contributed by atoms with E-state index in [-0.39, 0.29) is 12.6 Å². The summed E-state index contributed by atoms with van der Waals surface area (Å²) in [6.07, 6.45) is 4.23. The third-order valence-electron chi connectivity index (χ3n) is 3.69. The van der Waals surface area contributed by atoms with Crippen LogP contribution < -0.4 is 5.32 Å². The van der Waals surface area contributed by atoms with Crippen molar-refractivity contribution < 1.29 is 5.11 Å². The molecule has 3 unspecified atom stereocenters. The summed E-state index contributed by atoms with van der Waals surface area (Å²) in [5.74, 6) is 0.959. The second-order valence-electron chi connectivity index (χ2n) is 4.72. The fourth-order valence-corrected chi connectivity index (χ4v) is 3.01. The maximum absolute atomic E-state index is 9.20. The van der Waals surface area contributed by atoms with Crippen LogP contribution in [0.1, 0.15) is 26.2 Å². The normalized spacial score (nSPS) is 33.9. The molecule has 1 saturated heterocycles. The predicted molar refractivity (Wildman–Crippen MR) is 57.3 cm³/mol. The minimum absolute atomic E-state index is 0.266. The first-order chi connectivity index (χ1) is 6.83. The highest BCUT2D eigenvalue weighted by Gasteiger charge is 2.38. The molecule has 2 fully saturated rings. The Morgan fingerprint density at radius 2 is 2.36 bits per heavy atom. The average molecular weight is 198 g/mol. The third-order valence-corrected chi connectivity index (χ3v) is 3.69. The number of aliphatic hydroxyl groups is 1. The Morgan fingerprint density at radius 1 is 1.50 bits per heavy atom. The number of fused-ring (bicyclic) bond motifs is 2. The van der Waals surface area contributed by atoms with Gasteiger partial charge < -0.3 is 10.4 Å². The van der Waals surface area contributed by atoms with Crippen molar-refractivity contribution in [3.63, 3.8) is 0 Å². The molecule has 1 heterocycles. The van der Waals surface area contributed by atoms with Crippen LogP contribution in [0.3, 0.4) is 0 Å². The van der Waals surface area contributed by atoms with E-state index in [1.54, 1.807) is 0 Å². The maximum Gasteiger partial charge on any atom is 0.0597 e. The third kappa shape index (κ3) is 2.10. The first kappa shape index (κ1) is 10.4. The SMILES string of the molecule is CCNC(CO)CN1CC2CCC1C2. The molecule has 3 heteroatoms. The summed E-state index contributed by atoms with van der Waals surface area (Å²) in [6, 6.07) is 1.10. The molecule has 0 aromatic rings. The van der Waals surface area contributed by atoms with Crippen LogP contribution in [0.4, 0.5) is 0 Å². The Hall–Kier alpha value is -0.120. The maximum atomic E-state index is 9.20. The molecule has 0 aromatic heterocycles. The molecular formula is C11H22N2O. The number of piperidine rings is 1. The van der Waals surface area contributed by atoms with Crippen molar-refractivity contribution >= 4 is 0 Å². The number of likely N-dealkylation sites (tertiary alicyclic amines) is 1. The molecule has 3 atom stereocenters. The lowest BCUT2D eigenvalue weighted by atomic mass is 10.1. The molecule has 1 aliphatic heterocycles. The first-order valence-electron chi connectivity index (χ1n) is 5.91. The number of nitrogens with one attached hydrogen (secondary N) is 1. The highest BCUT2D eigenvalue weighted by molar-refractivity contribution is 4.93. The molecule has 0 spiro atoms. The van der Waals surface area contributed by atoms with Gasteiger partial charge in [-0.2, -0.15) is 0 Å². The fraction of sp³-hybridized carbons (Fsp3) is 1.00. The van der Waals surface area contributed by atoms with Crippen molar-refractivity contribution in [2.75, 3.05) is 26.2 Å². The van der Waals surface area contributed by atoms with Crippen molar-refractivity contribution in [2.45, 2.75) is 38.3 Å². The van der Waals surface area contributed by atoms with E-state index in [0.717, 1.165) is 25.0 Å². The molecule has 2 rings (SSSR count). The van der Waals surface area contributed by atoms with E-state index in [1.807, 2.05) is 0 Å². The quantitative estimate of drug-likeness (QED) is 0.673. The lowest BCUT2D eigenvalue weighted by Crippen LogP contribution is -2.45. The smallest absolute Gasteiger partial charge is 0.0597 e. The summed E-state index contributed by atoms with van der Waals surface area (Å²) in [6.45, 7) is 5.62. The van der Waals surface area contributed by atoms with Crippen molar-refractivity contribution in [3.8, 4) is 0 Å². The number of hydrogen-bond acceptors (Lipinski definition) is 3. The number of likely N-dealkylation sites (N-methyl/N-ethyl adjacent to an activating group) is 1. The lowest BCUT2D eigenvalue weighted by molar-refractivity contribution is 0.155. The summed E-state index contributed by atoms with van der Waals surface area (Å²) >= 11 is 0. The van der Waals surface area contributed by atoms with E-state index in [9.17, 15) is 5.11 Å². The monoisotopic (exact) mass is 198 g/mol. The summed E-state index contributed by atoms with van der Waals surface area (Å²) in [5.41, 5.74) is 0. The van der Waals surface area contributed by atoms with Gasteiger partial charge in [0, 0.05) is 25.2 Å². The van der Waals surface area contributed by atoms with Crippen molar-refractivity contribution in [1.29, 1.82) is 0 Å². The zero-order valence-electron chi connectivity index (χ0n) is 9.08.